The number of carbonyl (C=O) groups excluding carboxylic acids is 1. The van der Waals surface area contributed by atoms with Crippen molar-refractivity contribution < 1.29 is 9.53 Å². The van der Waals surface area contributed by atoms with Crippen LogP contribution in [0.1, 0.15) is 32.1 Å². The molecule has 3 rings (SSSR count). The highest BCUT2D eigenvalue weighted by Gasteiger charge is 2.14. The molecule has 8 heteroatoms. The molecule has 0 radical (unpaired) electrons. The molecule has 2 aromatic rings. The van der Waals surface area contributed by atoms with Gasteiger partial charge in [-0.05, 0) is 56.4 Å². The fraction of sp³-hybridized carbons (Fsp3) is 0.421. The van der Waals surface area contributed by atoms with Gasteiger partial charge in [0.05, 0.1) is 12.9 Å². The van der Waals surface area contributed by atoms with E-state index in [9.17, 15) is 4.79 Å². The first-order chi connectivity index (χ1) is 13.2. The van der Waals surface area contributed by atoms with E-state index in [1.165, 1.54) is 41.3 Å². The van der Waals surface area contributed by atoms with Gasteiger partial charge in [0, 0.05) is 12.1 Å². The summed E-state index contributed by atoms with van der Waals surface area (Å²) in [6.07, 6.45) is 8.12. The van der Waals surface area contributed by atoms with Crippen LogP contribution in [0.3, 0.4) is 0 Å². The lowest BCUT2D eigenvalue weighted by atomic mass is 9.97. The number of allylic oxidation sites excluding steroid dienone is 1. The first kappa shape index (κ1) is 19.3. The number of thioether (sulfide) groups is 1. The Morgan fingerprint density at radius 3 is 2.81 bits per heavy atom. The van der Waals surface area contributed by atoms with Gasteiger partial charge in [-0.15, -0.1) is 10.2 Å². The monoisotopic (exact) mass is 387 g/mol. The molecule has 0 bridgehead atoms. The molecule has 0 spiro atoms. The quantitative estimate of drug-likeness (QED) is 0.411. The van der Waals surface area contributed by atoms with E-state index in [0.29, 0.717) is 17.5 Å². The molecular formula is C19H25N5O2S. The number of rotatable bonds is 8. The minimum atomic E-state index is -0.0228. The van der Waals surface area contributed by atoms with E-state index in [1.54, 1.807) is 7.11 Å². The number of hydrogen-bond acceptors (Lipinski definition) is 6. The first-order valence-corrected chi connectivity index (χ1v) is 10.1. The highest BCUT2D eigenvalue weighted by atomic mass is 32.2. The Hall–Kier alpha value is -2.48. The summed E-state index contributed by atoms with van der Waals surface area (Å²) in [6.45, 7) is 0.678. The number of nitrogens with zero attached hydrogens (tertiary/aromatic N) is 3. The lowest BCUT2D eigenvalue weighted by Gasteiger charge is -2.12. The van der Waals surface area contributed by atoms with E-state index in [4.69, 9.17) is 10.6 Å². The van der Waals surface area contributed by atoms with Crippen molar-refractivity contribution in [3.8, 4) is 17.1 Å². The van der Waals surface area contributed by atoms with E-state index in [1.807, 2.05) is 24.3 Å². The third-order valence-electron chi connectivity index (χ3n) is 4.50. The van der Waals surface area contributed by atoms with Crippen LogP contribution in [-0.2, 0) is 4.79 Å². The Morgan fingerprint density at radius 1 is 1.30 bits per heavy atom. The molecule has 0 aliphatic heterocycles. The molecule has 1 aromatic carbocycles. The number of methoxy groups -OCH3 is 1. The summed E-state index contributed by atoms with van der Waals surface area (Å²) < 4.78 is 6.56. The Bertz CT molecular complexity index is 801. The number of nitrogens with one attached hydrogen (secondary N) is 1. The summed E-state index contributed by atoms with van der Waals surface area (Å²) >= 11 is 1.28. The summed E-state index contributed by atoms with van der Waals surface area (Å²) in [6, 6.07) is 7.42. The largest absolute Gasteiger partial charge is 0.497 e. The molecule has 1 amide bonds. The second-order valence-corrected chi connectivity index (χ2v) is 7.34. The van der Waals surface area contributed by atoms with Crippen LogP contribution in [0.2, 0.25) is 0 Å². The van der Waals surface area contributed by atoms with Gasteiger partial charge in [-0.2, -0.15) is 0 Å². The topological polar surface area (TPSA) is 95.1 Å². The van der Waals surface area contributed by atoms with Gasteiger partial charge >= 0.3 is 0 Å². The van der Waals surface area contributed by atoms with E-state index in [2.05, 4.69) is 21.6 Å². The molecule has 3 N–H and O–H groups in total. The van der Waals surface area contributed by atoms with Gasteiger partial charge in [-0.1, -0.05) is 23.4 Å². The van der Waals surface area contributed by atoms with E-state index in [-0.39, 0.29) is 11.7 Å². The van der Waals surface area contributed by atoms with Gasteiger partial charge in [-0.3, -0.25) is 4.79 Å². The number of carbonyl (C=O) groups is 1. The van der Waals surface area contributed by atoms with Crippen LogP contribution < -0.4 is 15.9 Å². The van der Waals surface area contributed by atoms with Gasteiger partial charge in [-0.25, -0.2) is 4.68 Å². The van der Waals surface area contributed by atoms with Gasteiger partial charge in [0.2, 0.25) is 11.1 Å². The van der Waals surface area contributed by atoms with Gasteiger partial charge < -0.3 is 15.9 Å². The lowest BCUT2D eigenvalue weighted by molar-refractivity contribution is -0.118. The third-order valence-corrected chi connectivity index (χ3v) is 5.44. The average Bonchev–Trinajstić information content (AvgIpc) is 3.08. The summed E-state index contributed by atoms with van der Waals surface area (Å²) in [4.78, 5) is 12.1. The molecule has 1 aliphatic rings. The van der Waals surface area contributed by atoms with Crippen molar-refractivity contribution in [3.63, 3.8) is 0 Å². The smallest absolute Gasteiger partial charge is 0.230 e. The summed E-state index contributed by atoms with van der Waals surface area (Å²) in [5, 5.41) is 11.7. The second kappa shape index (κ2) is 9.45. The van der Waals surface area contributed by atoms with Crippen molar-refractivity contribution in [2.45, 2.75) is 37.3 Å². The number of ether oxygens (including phenoxy) is 1. The van der Waals surface area contributed by atoms with Crippen LogP contribution in [-0.4, -0.2) is 40.2 Å². The molecule has 0 saturated heterocycles. The Morgan fingerprint density at radius 2 is 2.11 bits per heavy atom. The summed E-state index contributed by atoms with van der Waals surface area (Å²) in [5.74, 6) is 7.64. The fourth-order valence-corrected chi connectivity index (χ4v) is 3.67. The van der Waals surface area contributed by atoms with Crippen molar-refractivity contribution >= 4 is 17.7 Å². The van der Waals surface area contributed by atoms with Gasteiger partial charge in [0.25, 0.3) is 0 Å². The maximum Gasteiger partial charge on any atom is 0.230 e. The van der Waals surface area contributed by atoms with E-state index < -0.39 is 0 Å². The third kappa shape index (κ3) is 5.26. The Labute approximate surface area is 163 Å². The molecule has 0 atom stereocenters. The molecule has 1 aliphatic carbocycles. The predicted octanol–water partition coefficient (Wildman–Crippen LogP) is 2.77. The van der Waals surface area contributed by atoms with Crippen LogP contribution in [0, 0.1) is 0 Å². The zero-order chi connectivity index (χ0) is 19.1. The molecule has 144 valence electrons. The van der Waals surface area contributed by atoms with Crippen LogP contribution in [0.4, 0.5) is 0 Å². The Balaban J connectivity index is 1.48. The number of aromatic nitrogens is 3. The lowest BCUT2D eigenvalue weighted by Crippen LogP contribution is -2.26. The normalized spacial score (nSPS) is 13.9. The predicted molar refractivity (Wildman–Crippen MR) is 107 cm³/mol. The molecule has 0 fully saturated rings. The van der Waals surface area contributed by atoms with E-state index in [0.717, 1.165) is 24.2 Å². The zero-order valence-electron chi connectivity index (χ0n) is 15.5. The minimum absolute atomic E-state index is 0.0228. The van der Waals surface area contributed by atoms with Gasteiger partial charge in [0.1, 0.15) is 5.75 Å². The molecule has 27 heavy (non-hydrogen) atoms. The maximum absolute atomic E-state index is 12.1. The molecular weight excluding hydrogens is 362 g/mol. The SMILES string of the molecule is COc1ccc(-c2nnc(SCC(=O)NCCC3=CCCCC3)n2N)cc1. The van der Waals surface area contributed by atoms with Crippen molar-refractivity contribution in [3.05, 3.63) is 35.9 Å². The van der Waals surface area contributed by atoms with Crippen molar-refractivity contribution in [1.29, 1.82) is 0 Å². The van der Waals surface area contributed by atoms with Gasteiger partial charge in [0.15, 0.2) is 5.82 Å². The molecule has 7 nitrogen and oxygen atoms in total. The molecule has 0 saturated carbocycles. The van der Waals surface area contributed by atoms with Crippen molar-refractivity contribution in [2.75, 3.05) is 25.3 Å². The fourth-order valence-electron chi connectivity index (χ4n) is 2.99. The van der Waals surface area contributed by atoms with Crippen LogP contribution in [0.5, 0.6) is 5.75 Å². The number of amides is 1. The molecule has 0 unspecified atom stereocenters. The van der Waals surface area contributed by atoms with Crippen molar-refractivity contribution in [2.24, 2.45) is 0 Å². The number of nitrogen functional groups attached to an aromatic ring is 1. The summed E-state index contributed by atoms with van der Waals surface area (Å²) in [5.41, 5.74) is 2.29. The number of hydrogen-bond donors (Lipinski definition) is 2. The van der Waals surface area contributed by atoms with E-state index >= 15 is 0 Å². The van der Waals surface area contributed by atoms with Crippen molar-refractivity contribution in [1.82, 2.24) is 20.2 Å². The average molecular weight is 388 g/mol. The first-order valence-electron chi connectivity index (χ1n) is 9.09. The minimum Gasteiger partial charge on any atom is -0.497 e. The molecule has 1 heterocycles. The van der Waals surface area contributed by atoms with Crippen LogP contribution in [0.25, 0.3) is 11.4 Å². The number of benzene rings is 1. The highest BCUT2D eigenvalue weighted by Crippen LogP contribution is 2.23. The number of nitrogens with two attached hydrogens (primary N) is 1. The van der Waals surface area contributed by atoms with Crippen LogP contribution in [0.15, 0.2) is 41.1 Å². The maximum atomic E-state index is 12.1. The highest BCUT2D eigenvalue weighted by molar-refractivity contribution is 7.99. The summed E-state index contributed by atoms with van der Waals surface area (Å²) in [7, 11) is 1.62. The standard InChI is InChI=1S/C19H25N5O2S/c1-26-16-9-7-15(8-10-16)18-22-23-19(24(18)20)27-13-17(25)21-12-11-14-5-3-2-4-6-14/h5,7-10H,2-4,6,11-13,20H2,1H3,(H,21,25). The molecule has 1 aromatic heterocycles. The Kier molecular flexibility index (Phi) is 6.75. The zero-order valence-corrected chi connectivity index (χ0v) is 16.3. The second-order valence-electron chi connectivity index (χ2n) is 6.40. The van der Waals surface area contributed by atoms with Crippen LogP contribution >= 0.6 is 11.8 Å².